The molecule has 0 atom stereocenters. The van der Waals surface area contributed by atoms with Gasteiger partial charge in [-0.15, -0.1) is 0 Å². The van der Waals surface area contributed by atoms with E-state index in [1.807, 2.05) is 36.9 Å². The first-order chi connectivity index (χ1) is 20.3. The van der Waals surface area contributed by atoms with Gasteiger partial charge < -0.3 is 4.98 Å². The summed E-state index contributed by atoms with van der Waals surface area (Å²) in [6.45, 7) is 0. The molecule has 3 nitrogen and oxygen atoms in total. The SMILES string of the molecule is c1ccc(-c2cc(-c3ccc(-c4cccnc4)cc3-c3cccnc3)cc3ccc4c5ccccc5[nH]c4c23)cc1. The van der Waals surface area contributed by atoms with Crippen LogP contribution in [0.1, 0.15) is 0 Å². The molecular formula is C38H25N3. The van der Waals surface area contributed by atoms with E-state index in [0.717, 1.165) is 27.8 Å². The van der Waals surface area contributed by atoms with E-state index >= 15 is 0 Å². The van der Waals surface area contributed by atoms with E-state index in [2.05, 4.69) is 124 Å². The molecule has 0 saturated carbocycles. The van der Waals surface area contributed by atoms with Crippen molar-refractivity contribution in [1.29, 1.82) is 0 Å². The summed E-state index contributed by atoms with van der Waals surface area (Å²) in [5, 5.41) is 4.93. The number of H-pyrrole nitrogens is 1. The van der Waals surface area contributed by atoms with Gasteiger partial charge in [-0.1, -0.05) is 84.9 Å². The minimum absolute atomic E-state index is 1.08. The lowest BCUT2D eigenvalue weighted by atomic mass is 9.88. The predicted octanol–water partition coefficient (Wildman–Crippen LogP) is 9.93. The molecule has 0 aliphatic heterocycles. The molecule has 0 amide bonds. The Balaban J connectivity index is 1.43. The fourth-order valence-electron chi connectivity index (χ4n) is 6.05. The van der Waals surface area contributed by atoms with E-state index in [9.17, 15) is 0 Å². The monoisotopic (exact) mass is 523 g/mol. The first-order valence-corrected chi connectivity index (χ1v) is 13.8. The summed E-state index contributed by atoms with van der Waals surface area (Å²) < 4.78 is 0. The van der Waals surface area contributed by atoms with E-state index in [1.54, 1.807) is 0 Å². The van der Waals surface area contributed by atoms with E-state index in [0.29, 0.717) is 0 Å². The third-order valence-electron chi connectivity index (χ3n) is 7.98. The number of benzene rings is 5. The van der Waals surface area contributed by atoms with Crippen molar-refractivity contribution in [2.75, 3.05) is 0 Å². The van der Waals surface area contributed by atoms with Crippen LogP contribution >= 0.6 is 0 Å². The van der Waals surface area contributed by atoms with Gasteiger partial charge in [-0.25, -0.2) is 0 Å². The Hall–Kier alpha value is -5.54. The average Bonchev–Trinajstić information content (AvgIpc) is 3.44. The van der Waals surface area contributed by atoms with Gasteiger partial charge in [0.05, 0.1) is 5.52 Å². The van der Waals surface area contributed by atoms with Gasteiger partial charge in [-0.2, -0.15) is 0 Å². The van der Waals surface area contributed by atoms with Crippen molar-refractivity contribution in [3.05, 3.63) is 146 Å². The fraction of sp³-hybridized carbons (Fsp3) is 0. The summed E-state index contributed by atoms with van der Waals surface area (Å²) in [7, 11) is 0. The Kier molecular flexibility index (Phi) is 5.46. The summed E-state index contributed by atoms with van der Waals surface area (Å²) in [6, 6.07) is 43.3. The molecule has 8 aromatic rings. The van der Waals surface area contributed by atoms with Crippen molar-refractivity contribution in [3.63, 3.8) is 0 Å². The molecule has 0 bridgehead atoms. The minimum Gasteiger partial charge on any atom is -0.354 e. The molecule has 0 aliphatic rings. The number of nitrogens with one attached hydrogen (secondary N) is 1. The van der Waals surface area contributed by atoms with Crippen LogP contribution < -0.4 is 0 Å². The molecular weight excluding hydrogens is 498 g/mol. The summed E-state index contributed by atoms with van der Waals surface area (Å²) in [5.74, 6) is 0. The van der Waals surface area contributed by atoms with Gasteiger partial charge in [-0.05, 0) is 75.2 Å². The zero-order chi connectivity index (χ0) is 27.2. The van der Waals surface area contributed by atoms with Gasteiger partial charge in [0.1, 0.15) is 0 Å². The van der Waals surface area contributed by atoms with Crippen molar-refractivity contribution in [3.8, 4) is 44.5 Å². The third-order valence-corrected chi connectivity index (χ3v) is 7.98. The highest BCUT2D eigenvalue weighted by Crippen LogP contribution is 2.42. The Labute approximate surface area is 237 Å². The summed E-state index contributed by atoms with van der Waals surface area (Å²) in [4.78, 5) is 12.5. The third kappa shape index (κ3) is 3.98. The number of aromatic amines is 1. The predicted molar refractivity (Wildman–Crippen MR) is 171 cm³/mol. The molecule has 5 aromatic carbocycles. The number of aromatic nitrogens is 3. The molecule has 41 heavy (non-hydrogen) atoms. The first kappa shape index (κ1) is 23.4. The molecule has 3 heterocycles. The van der Waals surface area contributed by atoms with Gasteiger partial charge >= 0.3 is 0 Å². The van der Waals surface area contributed by atoms with Crippen LogP contribution in [0.5, 0.6) is 0 Å². The van der Waals surface area contributed by atoms with Crippen LogP contribution in [0.3, 0.4) is 0 Å². The van der Waals surface area contributed by atoms with Crippen LogP contribution in [-0.4, -0.2) is 15.0 Å². The summed E-state index contributed by atoms with van der Waals surface area (Å²) in [5.41, 5.74) is 11.5. The first-order valence-electron chi connectivity index (χ1n) is 13.8. The second-order valence-electron chi connectivity index (χ2n) is 10.4. The maximum absolute atomic E-state index is 4.45. The van der Waals surface area contributed by atoms with Crippen LogP contribution in [0.4, 0.5) is 0 Å². The Morgan fingerprint density at radius 1 is 0.439 bits per heavy atom. The number of rotatable bonds is 4. The Morgan fingerprint density at radius 2 is 1.17 bits per heavy atom. The molecule has 192 valence electrons. The summed E-state index contributed by atoms with van der Waals surface area (Å²) in [6.07, 6.45) is 7.49. The maximum atomic E-state index is 4.45. The van der Waals surface area contributed by atoms with Gasteiger partial charge in [0.25, 0.3) is 0 Å². The van der Waals surface area contributed by atoms with Crippen LogP contribution in [0.2, 0.25) is 0 Å². The van der Waals surface area contributed by atoms with Crippen molar-refractivity contribution in [1.82, 2.24) is 15.0 Å². The van der Waals surface area contributed by atoms with Crippen LogP contribution in [0.15, 0.2) is 146 Å². The topological polar surface area (TPSA) is 41.6 Å². The van der Waals surface area contributed by atoms with Crippen LogP contribution in [-0.2, 0) is 0 Å². The minimum atomic E-state index is 1.08. The smallest absolute Gasteiger partial charge is 0.0550 e. The number of fused-ring (bicyclic) bond motifs is 5. The number of hydrogen-bond acceptors (Lipinski definition) is 2. The fourth-order valence-corrected chi connectivity index (χ4v) is 6.05. The zero-order valence-electron chi connectivity index (χ0n) is 22.3. The van der Waals surface area contributed by atoms with Crippen molar-refractivity contribution < 1.29 is 0 Å². The largest absolute Gasteiger partial charge is 0.354 e. The molecule has 3 heteroatoms. The van der Waals surface area contributed by atoms with Gasteiger partial charge in [0.2, 0.25) is 0 Å². The molecule has 0 fully saturated rings. The maximum Gasteiger partial charge on any atom is 0.0550 e. The Morgan fingerprint density at radius 3 is 1.98 bits per heavy atom. The van der Waals surface area contributed by atoms with Crippen LogP contribution in [0, 0.1) is 0 Å². The number of pyridine rings is 2. The van der Waals surface area contributed by atoms with E-state index in [4.69, 9.17) is 0 Å². The van der Waals surface area contributed by atoms with Crippen molar-refractivity contribution in [2.45, 2.75) is 0 Å². The van der Waals surface area contributed by atoms with E-state index in [1.165, 1.54) is 49.3 Å². The van der Waals surface area contributed by atoms with Crippen molar-refractivity contribution in [2.24, 2.45) is 0 Å². The molecule has 0 aliphatic carbocycles. The number of para-hydroxylation sites is 1. The second kappa shape index (κ2) is 9.58. The molecule has 1 N–H and O–H groups in total. The highest BCUT2D eigenvalue weighted by Gasteiger charge is 2.17. The van der Waals surface area contributed by atoms with Crippen molar-refractivity contribution >= 4 is 32.6 Å². The summed E-state index contributed by atoms with van der Waals surface area (Å²) >= 11 is 0. The highest BCUT2D eigenvalue weighted by atomic mass is 14.7. The number of hydrogen-bond donors (Lipinski definition) is 1. The van der Waals surface area contributed by atoms with Crippen LogP contribution in [0.25, 0.3) is 77.1 Å². The zero-order valence-corrected chi connectivity index (χ0v) is 22.3. The average molecular weight is 524 g/mol. The molecule has 0 saturated heterocycles. The number of nitrogens with zero attached hydrogens (tertiary/aromatic N) is 2. The quantitative estimate of drug-likeness (QED) is 0.249. The highest BCUT2D eigenvalue weighted by molar-refractivity contribution is 6.21. The van der Waals surface area contributed by atoms with Gasteiger partial charge in [0, 0.05) is 57.6 Å². The lowest BCUT2D eigenvalue weighted by Crippen LogP contribution is -1.91. The molecule has 3 aromatic heterocycles. The Bertz CT molecular complexity index is 2180. The van der Waals surface area contributed by atoms with Gasteiger partial charge in [0.15, 0.2) is 0 Å². The van der Waals surface area contributed by atoms with E-state index in [-0.39, 0.29) is 0 Å². The molecule has 8 rings (SSSR count). The normalized spacial score (nSPS) is 11.4. The van der Waals surface area contributed by atoms with Gasteiger partial charge in [-0.3, -0.25) is 9.97 Å². The van der Waals surface area contributed by atoms with E-state index < -0.39 is 0 Å². The standard InChI is InChI=1S/C38H25N3/c1-2-8-25(9-3-1)35-22-30(20-27-15-17-33-32-12-4-5-13-36(32)41-38(33)37(27)35)31-16-14-26(28-10-6-18-39-23-28)21-34(31)29-11-7-19-40-24-29/h1-24,41H. The second-order valence-corrected chi connectivity index (χ2v) is 10.4. The lowest BCUT2D eigenvalue weighted by molar-refractivity contribution is 1.32. The lowest BCUT2D eigenvalue weighted by Gasteiger charge is -2.16. The molecule has 0 unspecified atom stereocenters. The molecule has 0 spiro atoms. The molecule has 0 radical (unpaired) electrons.